The average molecular weight is 361 g/mol. The van der Waals surface area contributed by atoms with Crippen LogP contribution in [0.2, 0.25) is 0 Å². The number of thiazole rings is 1. The highest BCUT2D eigenvalue weighted by atomic mass is 32.1. The molecule has 1 aromatic carbocycles. The highest BCUT2D eigenvalue weighted by molar-refractivity contribution is 7.16. The van der Waals surface area contributed by atoms with Crippen LogP contribution in [0.25, 0.3) is 10.6 Å². The number of non-ortho nitro benzene ring substituents is 1. The summed E-state index contributed by atoms with van der Waals surface area (Å²) in [4.78, 5) is 27.3. The van der Waals surface area contributed by atoms with Gasteiger partial charge in [-0.2, -0.15) is 0 Å². The number of amides is 1. The summed E-state index contributed by atoms with van der Waals surface area (Å²) in [6.45, 7) is -0.203. The molecular formula is C15H11N3O4S2. The first kappa shape index (κ1) is 16.1. The van der Waals surface area contributed by atoms with Crippen molar-refractivity contribution >= 4 is 39.4 Å². The second kappa shape index (κ2) is 7.20. The predicted octanol–water partition coefficient (Wildman–Crippen LogP) is 3.80. The molecule has 0 saturated carbocycles. The van der Waals surface area contributed by atoms with Crippen LogP contribution < -0.4 is 10.1 Å². The second-order valence-electron chi connectivity index (χ2n) is 4.60. The molecule has 1 amide bonds. The molecule has 3 aromatic rings. The predicted molar refractivity (Wildman–Crippen MR) is 92.6 cm³/mol. The van der Waals surface area contributed by atoms with E-state index in [9.17, 15) is 14.9 Å². The lowest BCUT2D eigenvalue weighted by atomic mass is 10.3. The molecule has 0 spiro atoms. The molecule has 0 radical (unpaired) electrons. The van der Waals surface area contributed by atoms with E-state index in [0.29, 0.717) is 10.9 Å². The summed E-state index contributed by atoms with van der Waals surface area (Å²) in [5.74, 6) is 0.0367. The maximum atomic E-state index is 11.9. The number of nitro benzene ring substituents is 1. The fourth-order valence-electron chi connectivity index (χ4n) is 1.84. The molecule has 0 bridgehead atoms. The van der Waals surface area contributed by atoms with Crippen molar-refractivity contribution in [3.05, 3.63) is 57.3 Å². The van der Waals surface area contributed by atoms with Crippen molar-refractivity contribution in [2.45, 2.75) is 0 Å². The normalized spacial score (nSPS) is 10.3. The minimum absolute atomic E-state index is 0.0318. The second-order valence-corrected chi connectivity index (χ2v) is 6.41. The molecule has 122 valence electrons. The van der Waals surface area contributed by atoms with Gasteiger partial charge in [-0.15, -0.1) is 22.7 Å². The number of rotatable bonds is 6. The van der Waals surface area contributed by atoms with Crippen molar-refractivity contribution in [2.24, 2.45) is 0 Å². The van der Waals surface area contributed by atoms with Crippen molar-refractivity contribution in [1.82, 2.24) is 4.98 Å². The lowest BCUT2D eigenvalue weighted by molar-refractivity contribution is -0.384. The van der Waals surface area contributed by atoms with Crippen molar-refractivity contribution in [1.29, 1.82) is 0 Å². The number of aromatic nitrogens is 1. The number of hydrogen-bond acceptors (Lipinski definition) is 7. The lowest BCUT2D eigenvalue weighted by Crippen LogP contribution is -2.20. The van der Waals surface area contributed by atoms with E-state index in [0.717, 1.165) is 10.6 Å². The van der Waals surface area contributed by atoms with Gasteiger partial charge in [0.2, 0.25) is 0 Å². The summed E-state index contributed by atoms with van der Waals surface area (Å²) < 4.78 is 5.30. The maximum Gasteiger partial charge on any atom is 0.269 e. The average Bonchev–Trinajstić information content (AvgIpc) is 3.24. The molecule has 0 unspecified atom stereocenters. The Bertz CT molecular complexity index is 844. The van der Waals surface area contributed by atoms with Gasteiger partial charge in [-0.25, -0.2) is 4.98 Å². The molecule has 0 aliphatic heterocycles. The minimum atomic E-state index is -0.496. The summed E-state index contributed by atoms with van der Waals surface area (Å²) >= 11 is 2.91. The van der Waals surface area contributed by atoms with Crippen LogP contribution in [0.4, 0.5) is 10.8 Å². The third-order valence-electron chi connectivity index (χ3n) is 2.94. The molecule has 2 heterocycles. The number of nitro groups is 1. The first-order valence-corrected chi connectivity index (χ1v) is 8.54. The number of anilines is 1. The molecule has 7 nitrogen and oxygen atoms in total. The number of benzene rings is 1. The maximum absolute atomic E-state index is 11.9. The topological polar surface area (TPSA) is 94.4 Å². The van der Waals surface area contributed by atoms with Crippen molar-refractivity contribution in [3.63, 3.8) is 0 Å². The number of nitrogens with one attached hydrogen (secondary N) is 1. The van der Waals surface area contributed by atoms with Crippen LogP contribution in [-0.2, 0) is 4.79 Å². The Hall–Kier alpha value is -2.78. The summed E-state index contributed by atoms with van der Waals surface area (Å²) in [5.41, 5.74) is 0.789. The standard InChI is InChI=1S/C15H11N3O4S2/c19-14(8-22-11-5-3-10(4-6-11)18(20)21)17-15-16-12(9-24-15)13-2-1-7-23-13/h1-7,9H,8H2,(H,16,17,19). The van der Waals surface area contributed by atoms with Gasteiger partial charge < -0.3 is 4.74 Å². The Labute approximate surface area is 144 Å². The molecule has 2 aromatic heterocycles. The van der Waals surface area contributed by atoms with Crippen LogP contribution in [-0.4, -0.2) is 22.4 Å². The largest absolute Gasteiger partial charge is 0.484 e. The van der Waals surface area contributed by atoms with Crippen LogP contribution in [0.3, 0.4) is 0 Å². The zero-order chi connectivity index (χ0) is 16.9. The van der Waals surface area contributed by atoms with Gasteiger partial charge in [0.25, 0.3) is 11.6 Å². The number of nitrogens with zero attached hydrogens (tertiary/aromatic N) is 2. The molecule has 0 aliphatic carbocycles. The van der Waals surface area contributed by atoms with E-state index >= 15 is 0 Å². The van der Waals surface area contributed by atoms with Crippen LogP contribution in [0.5, 0.6) is 5.75 Å². The first-order valence-electron chi connectivity index (χ1n) is 6.78. The number of ether oxygens (including phenoxy) is 1. The van der Waals surface area contributed by atoms with Gasteiger partial charge in [0.15, 0.2) is 11.7 Å². The first-order chi connectivity index (χ1) is 11.6. The molecule has 0 fully saturated rings. The van der Waals surface area contributed by atoms with Gasteiger partial charge in [-0.05, 0) is 23.6 Å². The smallest absolute Gasteiger partial charge is 0.269 e. The summed E-state index contributed by atoms with van der Waals surface area (Å²) in [7, 11) is 0. The fraction of sp³-hybridized carbons (Fsp3) is 0.0667. The quantitative estimate of drug-likeness (QED) is 0.532. The molecule has 24 heavy (non-hydrogen) atoms. The van der Waals surface area contributed by atoms with Crippen molar-refractivity contribution in [2.75, 3.05) is 11.9 Å². The third kappa shape index (κ3) is 3.94. The SMILES string of the molecule is O=C(COc1ccc([N+](=O)[O-])cc1)Nc1nc(-c2cccs2)cs1. The number of carbonyl (C=O) groups excluding carboxylic acids is 1. The van der Waals surface area contributed by atoms with E-state index < -0.39 is 4.92 Å². The fourth-order valence-corrected chi connectivity index (χ4v) is 3.32. The minimum Gasteiger partial charge on any atom is -0.484 e. The number of thiophene rings is 1. The summed E-state index contributed by atoms with van der Waals surface area (Å²) in [6.07, 6.45) is 0. The van der Waals surface area contributed by atoms with Crippen molar-refractivity contribution in [3.8, 4) is 16.3 Å². The monoisotopic (exact) mass is 361 g/mol. The molecular weight excluding hydrogens is 350 g/mol. The Kier molecular flexibility index (Phi) is 4.82. The highest BCUT2D eigenvalue weighted by Crippen LogP contribution is 2.28. The molecule has 1 N–H and O–H groups in total. The van der Waals surface area contributed by atoms with Gasteiger partial charge in [-0.1, -0.05) is 6.07 Å². The zero-order valence-corrected chi connectivity index (χ0v) is 13.8. The van der Waals surface area contributed by atoms with E-state index in [1.165, 1.54) is 35.6 Å². The van der Waals surface area contributed by atoms with E-state index in [1.807, 2.05) is 22.9 Å². The van der Waals surface area contributed by atoms with Gasteiger partial charge in [0.05, 0.1) is 15.5 Å². The number of carbonyl (C=O) groups is 1. The molecule has 3 rings (SSSR count). The Balaban J connectivity index is 1.53. The van der Waals surface area contributed by atoms with Crippen LogP contribution in [0, 0.1) is 10.1 Å². The van der Waals surface area contributed by atoms with E-state index in [4.69, 9.17) is 4.74 Å². The molecule has 0 saturated heterocycles. The van der Waals surface area contributed by atoms with E-state index in [-0.39, 0.29) is 18.2 Å². The number of hydrogen-bond donors (Lipinski definition) is 1. The zero-order valence-electron chi connectivity index (χ0n) is 12.2. The highest BCUT2D eigenvalue weighted by Gasteiger charge is 2.10. The molecule has 0 atom stereocenters. The van der Waals surface area contributed by atoms with Crippen molar-refractivity contribution < 1.29 is 14.5 Å². The van der Waals surface area contributed by atoms with Gasteiger partial charge in [-0.3, -0.25) is 20.2 Å². The third-order valence-corrected chi connectivity index (χ3v) is 4.59. The van der Waals surface area contributed by atoms with Crippen LogP contribution in [0.15, 0.2) is 47.2 Å². The Morgan fingerprint density at radius 3 is 2.71 bits per heavy atom. The van der Waals surface area contributed by atoms with Crippen LogP contribution >= 0.6 is 22.7 Å². The van der Waals surface area contributed by atoms with E-state index in [1.54, 1.807) is 11.3 Å². The summed E-state index contributed by atoms with van der Waals surface area (Å²) in [5, 5.41) is 17.6. The van der Waals surface area contributed by atoms with Gasteiger partial charge in [0, 0.05) is 17.5 Å². The lowest BCUT2D eigenvalue weighted by Gasteiger charge is -2.05. The van der Waals surface area contributed by atoms with Gasteiger partial charge >= 0.3 is 0 Å². The van der Waals surface area contributed by atoms with Crippen LogP contribution in [0.1, 0.15) is 0 Å². The van der Waals surface area contributed by atoms with E-state index in [2.05, 4.69) is 10.3 Å². The summed E-state index contributed by atoms with van der Waals surface area (Å²) in [6, 6.07) is 9.44. The van der Waals surface area contributed by atoms with Gasteiger partial charge in [0.1, 0.15) is 5.75 Å². The molecule has 9 heteroatoms. The molecule has 0 aliphatic rings. The Morgan fingerprint density at radius 1 is 1.25 bits per heavy atom. The Morgan fingerprint density at radius 2 is 2.04 bits per heavy atom.